The molecular formula is C15H16N4O4S. The molecule has 3 rings (SSSR count). The first kappa shape index (κ1) is 16.3. The van der Waals surface area contributed by atoms with Crippen molar-refractivity contribution in [1.82, 2.24) is 16.2 Å². The van der Waals surface area contributed by atoms with Crippen molar-refractivity contribution >= 4 is 41.1 Å². The Kier molecular flexibility index (Phi) is 4.70. The van der Waals surface area contributed by atoms with Crippen LogP contribution in [0.3, 0.4) is 0 Å². The van der Waals surface area contributed by atoms with Crippen LogP contribution < -0.4 is 21.5 Å². The molecule has 126 valence electrons. The summed E-state index contributed by atoms with van der Waals surface area (Å²) in [5.74, 6) is -2.53. The Morgan fingerprint density at radius 2 is 1.88 bits per heavy atom. The highest BCUT2D eigenvalue weighted by Gasteiger charge is 2.29. The lowest BCUT2D eigenvalue weighted by atomic mass is 10.2. The molecule has 1 aliphatic heterocycles. The summed E-state index contributed by atoms with van der Waals surface area (Å²) in [4.78, 5) is 47.7. The van der Waals surface area contributed by atoms with Gasteiger partial charge in [0.1, 0.15) is 0 Å². The van der Waals surface area contributed by atoms with Crippen LogP contribution in [0, 0.1) is 0 Å². The average molecular weight is 348 g/mol. The van der Waals surface area contributed by atoms with Gasteiger partial charge in [-0.3, -0.25) is 30.0 Å². The van der Waals surface area contributed by atoms with Crippen molar-refractivity contribution in [3.05, 3.63) is 24.3 Å². The van der Waals surface area contributed by atoms with Crippen molar-refractivity contribution in [3.63, 3.8) is 0 Å². The van der Waals surface area contributed by atoms with E-state index in [2.05, 4.69) is 16.1 Å². The molecule has 0 bridgehead atoms. The van der Waals surface area contributed by atoms with Crippen LogP contribution >= 0.6 is 11.8 Å². The topological polar surface area (TPSA) is 116 Å². The number of carbonyl (C=O) groups is 4. The second-order valence-electron chi connectivity index (χ2n) is 5.55. The van der Waals surface area contributed by atoms with Gasteiger partial charge in [0, 0.05) is 17.4 Å². The average Bonchev–Trinajstić information content (AvgIpc) is 3.37. The Hall–Kier alpha value is -2.55. The van der Waals surface area contributed by atoms with Crippen molar-refractivity contribution in [2.75, 3.05) is 5.32 Å². The molecule has 1 atom stereocenters. The monoisotopic (exact) mass is 348 g/mol. The Morgan fingerprint density at radius 1 is 1.12 bits per heavy atom. The summed E-state index contributed by atoms with van der Waals surface area (Å²) in [6.45, 7) is 0. The van der Waals surface area contributed by atoms with E-state index in [9.17, 15) is 19.2 Å². The molecule has 1 saturated carbocycles. The van der Waals surface area contributed by atoms with Crippen LogP contribution in [0.4, 0.5) is 5.69 Å². The number of carbonyl (C=O) groups excluding carboxylic acids is 4. The second-order valence-corrected chi connectivity index (χ2v) is 6.79. The third-order valence-electron chi connectivity index (χ3n) is 3.51. The fourth-order valence-corrected chi connectivity index (χ4v) is 3.22. The quantitative estimate of drug-likeness (QED) is 0.450. The van der Waals surface area contributed by atoms with Gasteiger partial charge in [0.2, 0.25) is 11.8 Å². The van der Waals surface area contributed by atoms with Crippen molar-refractivity contribution in [1.29, 1.82) is 0 Å². The summed E-state index contributed by atoms with van der Waals surface area (Å²) in [6.07, 6.45) is 1.61. The van der Waals surface area contributed by atoms with Crippen molar-refractivity contribution in [2.45, 2.75) is 35.4 Å². The van der Waals surface area contributed by atoms with E-state index < -0.39 is 23.0 Å². The second kappa shape index (κ2) is 6.91. The number of nitrogens with one attached hydrogen (secondary N) is 4. The molecule has 4 amide bonds. The first-order valence-corrected chi connectivity index (χ1v) is 8.37. The maximum Gasteiger partial charge on any atom is 0.327 e. The van der Waals surface area contributed by atoms with Crippen LogP contribution in [0.2, 0.25) is 0 Å². The molecule has 0 spiro atoms. The summed E-state index contributed by atoms with van der Waals surface area (Å²) >= 11 is 1.29. The van der Waals surface area contributed by atoms with Crippen LogP contribution in [0.25, 0.3) is 0 Å². The van der Waals surface area contributed by atoms with Gasteiger partial charge in [-0.2, -0.15) is 0 Å². The van der Waals surface area contributed by atoms with Crippen LogP contribution in [0.15, 0.2) is 29.2 Å². The zero-order valence-electron chi connectivity index (χ0n) is 12.6. The number of hydrogen-bond acceptors (Lipinski definition) is 5. The normalized spacial score (nSPS) is 18.8. The Balaban J connectivity index is 1.47. The number of rotatable bonds is 3. The van der Waals surface area contributed by atoms with Gasteiger partial charge in [0.15, 0.2) is 0 Å². The van der Waals surface area contributed by atoms with Crippen LogP contribution in [0.5, 0.6) is 0 Å². The number of thioether (sulfide) groups is 1. The number of amides is 4. The number of hydrogen-bond donors (Lipinski definition) is 4. The van der Waals surface area contributed by atoms with Gasteiger partial charge in [-0.1, -0.05) is 12.1 Å². The van der Waals surface area contributed by atoms with E-state index in [1.165, 1.54) is 11.8 Å². The third kappa shape index (κ3) is 4.05. The third-order valence-corrected chi connectivity index (χ3v) is 4.79. The first-order chi connectivity index (χ1) is 11.5. The van der Waals surface area contributed by atoms with E-state index in [1.54, 1.807) is 6.07 Å². The highest BCUT2D eigenvalue weighted by molar-refractivity contribution is 8.01. The lowest BCUT2D eigenvalue weighted by Gasteiger charge is -2.23. The maximum absolute atomic E-state index is 12.0. The van der Waals surface area contributed by atoms with E-state index in [1.807, 2.05) is 23.6 Å². The minimum absolute atomic E-state index is 0.0568. The van der Waals surface area contributed by atoms with Gasteiger partial charge in [-0.05, 0) is 25.0 Å². The fourth-order valence-electron chi connectivity index (χ4n) is 2.11. The van der Waals surface area contributed by atoms with Crippen LogP contribution in [-0.4, -0.2) is 34.9 Å². The molecule has 24 heavy (non-hydrogen) atoms. The molecule has 9 heteroatoms. The number of benzene rings is 1. The molecule has 2 aliphatic rings. The lowest BCUT2D eigenvalue weighted by Crippen LogP contribution is -2.49. The Labute approximate surface area is 142 Å². The van der Waals surface area contributed by atoms with E-state index in [4.69, 9.17) is 0 Å². The van der Waals surface area contributed by atoms with Gasteiger partial charge in [0.05, 0.1) is 10.9 Å². The van der Waals surface area contributed by atoms with Crippen molar-refractivity contribution in [2.24, 2.45) is 0 Å². The summed E-state index contributed by atoms with van der Waals surface area (Å²) in [5, 5.41) is 4.64. The van der Waals surface area contributed by atoms with E-state index in [0.29, 0.717) is 5.69 Å². The molecule has 1 aromatic rings. The molecular weight excluding hydrogens is 332 g/mol. The zero-order chi connectivity index (χ0) is 17.1. The van der Waals surface area contributed by atoms with Gasteiger partial charge in [-0.25, -0.2) is 0 Å². The molecule has 1 aliphatic carbocycles. The van der Waals surface area contributed by atoms with Crippen LogP contribution in [0.1, 0.15) is 19.3 Å². The summed E-state index contributed by atoms with van der Waals surface area (Å²) in [6, 6.07) is 7.36. The number of para-hydroxylation sites is 1. The van der Waals surface area contributed by atoms with Crippen molar-refractivity contribution in [3.8, 4) is 0 Å². The lowest BCUT2D eigenvalue weighted by molar-refractivity contribution is -0.141. The summed E-state index contributed by atoms with van der Waals surface area (Å²) < 4.78 is 0. The number of hydrazine groups is 1. The predicted molar refractivity (Wildman–Crippen MR) is 86.8 cm³/mol. The highest BCUT2D eigenvalue weighted by atomic mass is 32.2. The minimum atomic E-state index is -0.929. The highest BCUT2D eigenvalue weighted by Crippen LogP contribution is 2.36. The maximum atomic E-state index is 12.0. The smallest absolute Gasteiger partial charge is 0.327 e. The van der Waals surface area contributed by atoms with E-state index in [-0.39, 0.29) is 18.4 Å². The molecule has 4 N–H and O–H groups in total. The largest absolute Gasteiger partial charge is 0.345 e. The number of fused-ring (bicyclic) bond motifs is 1. The minimum Gasteiger partial charge on any atom is -0.345 e. The van der Waals surface area contributed by atoms with Gasteiger partial charge in [0.25, 0.3) is 0 Å². The summed E-state index contributed by atoms with van der Waals surface area (Å²) in [5.41, 5.74) is 4.92. The molecule has 0 saturated heterocycles. The summed E-state index contributed by atoms with van der Waals surface area (Å²) in [7, 11) is 0. The first-order valence-electron chi connectivity index (χ1n) is 7.49. The number of anilines is 1. The zero-order valence-corrected chi connectivity index (χ0v) is 13.4. The Morgan fingerprint density at radius 3 is 2.62 bits per heavy atom. The SMILES string of the molecule is O=C(C[C@@H]1Sc2ccccc2NC1=O)NNC(=O)C(=O)NC1CC1. The van der Waals surface area contributed by atoms with Crippen LogP contribution in [-0.2, 0) is 19.2 Å². The van der Waals surface area contributed by atoms with Gasteiger partial charge in [-0.15, -0.1) is 11.8 Å². The fraction of sp³-hybridized carbons (Fsp3) is 0.333. The molecule has 0 radical (unpaired) electrons. The Bertz CT molecular complexity index is 704. The van der Waals surface area contributed by atoms with E-state index >= 15 is 0 Å². The van der Waals surface area contributed by atoms with Gasteiger partial charge >= 0.3 is 11.8 Å². The van der Waals surface area contributed by atoms with Crippen molar-refractivity contribution < 1.29 is 19.2 Å². The molecule has 1 aromatic carbocycles. The predicted octanol–water partition coefficient (Wildman–Crippen LogP) is -0.0845. The molecule has 0 unspecified atom stereocenters. The standard InChI is InChI=1S/C15H16N4O4S/c20-12(18-19-15(23)14(22)16-8-5-6-8)7-11-13(21)17-9-3-1-2-4-10(9)24-11/h1-4,8,11H,5-7H2,(H,16,22)(H,17,21)(H,18,20)(H,19,23)/t11-/m0/s1. The van der Waals surface area contributed by atoms with Gasteiger partial charge < -0.3 is 10.6 Å². The molecule has 8 nitrogen and oxygen atoms in total. The molecule has 1 heterocycles. The van der Waals surface area contributed by atoms with E-state index in [0.717, 1.165) is 17.7 Å². The molecule has 1 fully saturated rings. The molecule has 0 aromatic heterocycles.